The van der Waals surface area contributed by atoms with Crippen molar-refractivity contribution in [2.75, 3.05) is 93.1 Å². The van der Waals surface area contributed by atoms with Crippen molar-refractivity contribution in [3.63, 3.8) is 0 Å². The highest BCUT2D eigenvalue weighted by Gasteiger charge is 2.13. The Kier molecular flexibility index (Phi) is 40.3. The van der Waals surface area contributed by atoms with E-state index in [-0.39, 0.29) is 75.2 Å². The van der Waals surface area contributed by atoms with Crippen LogP contribution in [-0.2, 0) is 47.7 Å². The molecule has 59 heavy (non-hydrogen) atoms. The summed E-state index contributed by atoms with van der Waals surface area (Å²) in [5, 5.41) is 25.4. The van der Waals surface area contributed by atoms with Gasteiger partial charge in [0.25, 0.3) is 0 Å². The number of hydrogen-bond acceptors (Lipinski definition) is 11. The molecule has 0 saturated heterocycles. The Hall–Kier alpha value is -3.38. The van der Waals surface area contributed by atoms with Crippen LogP contribution in [0.5, 0.6) is 0 Å². The number of amides is 5. The molecule has 0 aliphatic rings. The highest BCUT2D eigenvalue weighted by molar-refractivity contribution is 5.81. The largest absolute Gasteiger partial charge is 0.481 e. The minimum atomic E-state index is -0.696. The monoisotopic (exact) mass is 845 g/mol. The van der Waals surface area contributed by atoms with Gasteiger partial charge in [0, 0.05) is 52.5 Å². The molecule has 0 heterocycles. The fourth-order valence-electron chi connectivity index (χ4n) is 6.02. The van der Waals surface area contributed by atoms with Crippen molar-refractivity contribution in [2.45, 2.75) is 141 Å². The van der Waals surface area contributed by atoms with Crippen molar-refractivity contribution in [3.8, 4) is 0 Å². The third-order valence-electron chi connectivity index (χ3n) is 9.45. The number of carboxylic acid groups (broad SMARTS) is 1. The Balaban J connectivity index is 3.42. The van der Waals surface area contributed by atoms with E-state index in [2.05, 4.69) is 31.9 Å². The van der Waals surface area contributed by atoms with Gasteiger partial charge in [-0.05, 0) is 45.6 Å². The number of likely N-dealkylation sites (N-methyl/N-ethyl adjacent to an activating group) is 2. The second-order valence-corrected chi connectivity index (χ2v) is 14.6. The second-order valence-electron chi connectivity index (χ2n) is 14.6. The fourth-order valence-corrected chi connectivity index (χ4v) is 6.02. The van der Waals surface area contributed by atoms with Gasteiger partial charge in [-0.1, -0.05) is 77.0 Å². The van der Waals surface area contributed by atoms with Crippen molar-refractivity contribution < 1.29 is 52.8 Å². The summed E-state index contributed by atoms with van der Waals surface area (Å²) in [6.07, 6.45) is 20.1. The summed E-state index contributed by atoms with van der Waals surface area (Å²) in [7, 11) is 3.35. The van der Waals surface area contributed by atoms with Gasteiger partial charge in [-0.3, -0.25) is 28.8 Å². The molecule has 17 heteroatoms. The van der Waals surface area contributed by atoms with E-state index in [1.54, 1.807) is 14.1 Å². The molecule has 0 saturated carbocycles. The molecule has 7 N–H and O–H groups in total. The fraction of sp³-hybridized carbons (Fsp3) is 0.857. The number of aliphatic carboxylic acids is 1. The van der Waals surface area contributed by atoms with E-state index >= 15 is 0 Å². The minimum absolute atomic E-state index is 0.0379. The molecule has 0 radical (unpaired) electrons. The second kappa shape index (κ2) is 42.7. The minimum Gasteiger partial charge on any atom is -0.481 e. The van der Waals surface area contributed by atoms with Crippen LogP contribution in [0.25, 0.3) is 0 Å². The van der Waals surface area contributed by atoms with Gasteiger partial charge >= 0.3 is 5.97 Å². The van der Waals surface area contributed by atoms with Crippen molar-refractivity contribution in [2.24, 2.45) is 0 Å². The van der Waals surface area contributed by atoms with Gasteiger partial charge in [0.15, 0.2) is 0 Å². The Bertz CT molecular complexity index is 1090. The van der Waals surface area contributed by atoms with Crippen LogP contribution in [0.4, 0.5) is 0 Å². The Morgan fingerprint density at radius 1 is 0.424 bits per heavy atom. The number of carbonyl (C=O) groups is 6. The molecule has 1 atom stereocenters. The maximum atomic E-state index is 12.1. The average molecular weight is 845 g/mol. The lowest BCUT2D eigenvalue weighted by Crippen LogP contribution is -2.41. The first-order chi connectivity index (χ1) is 28.7. The molecule has 17 nitrogen and oxygen atoms in total. The lowest BCUT2D eigenvalue weighted by Gasteiger charge is -2.14. The quantitative estimate of drug-likeness (QED) is 0.0439. The Labute approximate surface area is 353 Å². The molecule has 0 aliphatic carbocycles. The lowest BCUT2D eigenvalue weighted by atomic mass is 10.0. The molecule has 0 aromatic carbocycles. The molecule has 0 aromatic rings. The smallest absolute Gasteiger partial charge is 0.303 e. The van der Waals surface area contributed by atoms with Gasteiger partial charge < -0.3 is 56.0 Å². The molecule has 0 aliphatic heterocycles. The topological polar surface area (TPSA) is 232 Å². The zero-order valence-electron chi connectivity index (χ0n) is 36.4. The SMILES string of the molecule is CNC(=O)C(CCCCNC(=O)COCCOCCNC(=O)COCCOCCNC(=O)CCCNC(=O)CCCCCCCCCCCCCCCCC(=O)O)NC. The molecule has 0 bridgehead atoms. The maximum Gasteiger partial charge on any atom is 0.303 e. The maximum absolute atomic E-state index is 12.1. The molecular weight excluding hydrogens is 764 g/mol. The molecule has 0 rings (SSSR count). The number of carboxylic acids is 1. The number of ether oxygens (including phenoxy) is 4. The van der Waals surface area contributed by atoms with E-state index in [1.807, 2.05) is 0 Å². The van der Waals surface area contributed by atoms with Crippen LogP contribution in [-0.4, -0.2) is 140 Å². The van der Waals surface area contributed by atoms with Crippen LogP contribution in [0.1, 0.15) is 135 Å². The predicted molar refractivity (Wildman–Crippen MR) is 227 cm³/mol. The number of carbonyl (C=O) groups excluding carboxylic acids is 5. The average Bonchev–Trinajstić information content (AvgIpc) is 3.22. The van der Waals surface area contributed by atoms with Crippen LogP contribution in [0.15, 0.2) is 0 Å². The molecule has 344 valence electrons. The van der Waals surface area contributed by atoms with Crippen LogP contribution >= 0.6 is 0 Å². The zero-order chi connectivity index (χ0) is 43.4. The van der Waals surface area contributed by atoms with Crippen LogP contribution in [0, 0.1) is 0 Å². The van der Waals surface area contributed by atoms with Crippen LogP contribution in [0.2, 0.25) is 0 Å². The van der Waals surface area contributed by atoms with E-state index in [0.717, 1.165) is 51.4 Å². The summed E-state index contributed by atoms with van der Waals surface area (Å²) in [4.78, 5) is 70.0. The van der Waals surface area contributed by atoms with E-state index < -0.39 is 5.97 Å². The first-order valence-electron chi connectivity index (χ1n) is 22.2. The highest BCUT2D eigenvalue weighted by atomic mass is 16.5. The van der Waals surface area contributed by atoms with E-state index in [0.29, 0.717) is 71.5 Å². The Morgan fingerprint density at radius 3 is 1.29 bits per heavy atom. The van der Waals surface area contributed by atoms with Crippen molar-refractivity contribution in [1.29, 1.82) is 0 Å². The van der Waals surface area contributed by atoms with Crippen molar-refractivity contribution in [1.82, 2.24) is 31.9 Å². The van der Waals surface area contributed by atoms with E-state index in [4.69, 9.17) is 24.1 Å². The molecule has 0 aromatic heterocycles. The summed E-state index contributed by atoms with van der Waals surface area (Å²) < 4.78 is 21.4. The Morgan fingerprint density at radius 2 is 0.814 bits per heavy atom. The molecule has 1 unspecified atom stereocenters. The zero-order valence-corrected chi connectivity index (χ0v) is 36.4. The molecule has 0 spiro atoms. The normalized spacial score (nSPS) is 11.5. The number of unbranched alkanes of at least 4 members (excludes halogenated alkanes) is 14. The number of nitrogens with one attached hydrogen (secondary N) is 6. The van der Waals surface area contributed by atoms with Gasteiger partial charge in [0.2, 0.25) is 29.5 Å². The first kappa shape index (κ1) is 55.6. The third-order valence-corrected chi connectivity index (χ3v) is 9.45. The van der Waals surface area contributed by atoms with Gasteiger partial charge in [-0.2, -0.15) is 0 Å². The highest BCUT2D eigenvalue weighted by Crippen LogP contribution is 2.14. The first-order valence-corrected chi connectivity index (χ1v) is 22.2. The van der Waals surface area contributed by atoms with Crippen molar-refractivity contribution in [3.05, 3.63) is 0 Å². The van der Waals surface area contributed by atoms with Gasteiger partial charge in [0.05, 0.1) is 45.7 Å². The summed E-state index contributed by atoms with van der Waals surface area (Å²) in [6, 6.07) is -0.237. The van der Waals surface area contributed by atoms with E-state index in [9.17, 15) is 28.8 Å². The van der Waals surface area contributed by atoms with Crippen molar-refractivity contribution >= 4 is 35.5 Å². The molecule has 0 fully saturated rings. The predicted octanol–water partition coefficient (Wildman–Crippen LogP) is 3.13. The lowest BCUT2D eigenvalue weighted by molar-refractivity contribution is -0.137. The third kappa shape index (κ3) is 41.2. The van der Waals surface area contributed by atoms with Gasteiger partial charge in [-0.15, -0.1) is 0 Å². The van der Waals surface area contributed by atoms with Gasteiger partial charge in [0.1, 0.15) is 13.2 Å². The summed E-state index contributed by atoms with van der Waals surface area (Å²) >= 11 is 0. The molecular formula is C42H80N6O11. The summed E-state index contributed by atoms with van der Waals surface area (Å²) in [5.41, 5.74) is 0. The van der Waals surface area contributed by atoms with Gasteiger partial charge in [-0.25, -0.2) is 0 Å². The van der Waals surface area contributed by atoms with Crippen LogP contribution < -0.4 is 31.9 Å². The summed E-state index contributed by atoms with van der Waals surface area (Å²) in [5.74, 6) is -1.29. The number of hydrogen-bond donors (Lipinski definition) is 7. The number of rotatable bonds is 44. The summed E-state index contributed by atoms with van der Waals surface area (Å²) in [6.45, 7) is 3.16. The van der Waals surface area contributed by atoms with E-state index in [1.165, 1.54) is 51.4 Å². The standard InChI is InChI=1S/C42H80N6O11/c1-43-36(42(55)44-2)20-17-18-24-46-39(51)34-58-32-31-57-29-27-48-40(52)35-59-33-30-56-28-26-47-38(50)22-19-25-45-37(49)21-15-13-11-9-7-5-3-4-6-8-10-12-14-16-23-41(53)54/h36,43H,3-35H2,1-2H3,(H,44,55)(H,45,49)(H,46,51)(H,47,50)(H,48,52)(H,53,54). The molecule has 5 amide bonds. The van der Waals surface area contributed by atoms with Crippen LogP contribution in [0.3, 0.4) is 0 Å².